The van der Waals surface area contributed by atoms with Gasteiger partial charge in [-0.1, -0.05) is 11.6 Å². The predicted molar refractivity (Wildman–Crippen MR) is 51.6 cm³/mol. The van der Waals surface area contributed by atoms with E-state index in [2.05, 4.69) is 10.1 Å². The average molecular weight is 210 g/mol. The first-order valence-electron chi connectivity index (χ1n) is 4.49. The highest BCUT2D eigenvalue weighted by Gasteiger charge is 2.25. The van der Waals surface area contributed by atoms with Crippen LogP contribution in [0.4, 0.5) is 0 Å². The highest BCUT2D eigenvalue weighted by atomic mass is 35.5. The van der Waals surface area contributed by atoms with Gasteiger partial charge in [-0.15, -0.1) is 0 Å². The van der Waals surface area contributed by atoms with Crippen LogP contribution in [0.2, 0.25) is 5.15 Å². The molecule has 0 saturated heterocycles. The number of hydrogen-bond acceptors (Lipinski definition) is 3. The Balaban J connectivity index is 2.13. The zero-order valence-corrected chi connectivity index (χ0v) is 8.11. The Morgan fingerprint density at radius 1 is 1.50 bits per heavy atom. The van der Waals surface area contributed by atoms with E-state index in [0.29, 0.717) is 11.3 Å². The number of aromatic nitrogens is 3. The highest BCUT2D eigenvalue weighted by Crippen LogP contribution is 2.29. The van der Waals surface area contributed by atoms with Crippen LogP contribution in [0, 0.1) is 0 Å². The van der Waals surface area contributed by atoms with Gasteiger partial charge >= 0.3 is 0 Å². The van der Waals surface area contributed by atoms with Crippen LogP contribution in [0.25, 0.3) is 5.65 Å². The van der Waals surface area contributed by atoms with Crippen molar-refractivity contribution < 1.29 is 4.74 Å². The van der Waals surface area contributed by atoms with Crippen molar-refractivity contribution in [3.63, 3.8) is 0 Å². The summed E-state index contributed by atoms with van der Waals surface area (Å²) in [7, 11) is 0. The van der Waals surface area contributed by atoms with Gasteiger partial charge in [-0.25, -0.2) is 9.50 Å². The van der Waals surface area contributed by atoms with Crippen LogP contribution in [0.1, 0.15) is 12.8 Å². The molecule has 4 nitrogen and oxygen atoms in total. The summed E-state index contributed by atoms with van der Waals surface area (Å²) in [5.74, 6) is 0.720. The normalized spacial score (nSPS) is 16.1. The van der Waals surface area contributed by atoms with Crippen molar-refractivity contribution in [2.45, 2.75) is 18.9 Å². The van der Waals surface area contributed by atoms with Gasteiger partial charge in [0.05, 0.1) is 6.10 Å². The minimum absolute atomic E-state index is 0.342. The molecule has 14 heavy (non-hydrogen) atoms. The van der Waals surface area contributed by atoms with E-state index in [9.17, 15) is 0 Å². The quantitative estimate of drug-likeness (QED) is 0.759. The molecule has 0 radical (unpaired) electrons. The van der Waals surface area contributed by atoms with E-state index in [1.54, 1.807) is 23.0 Å². The topological polar surface area (TPSA) is 39.4 Å². The third-order valence-electron chi connectivity index (χ3n) is 2.11. The number of fused-ring (bicyclic) bond motifs is 1. The zero-order valence-electron chi connectivity index (χ0n) is 7.35. The summed E-state index contributed by atoms with van der Waals surface area (Å²) in [5.41, 5.74) is 0.723. The summed E-state index contributed by atoms with van der Waals surface area (Å²) in [5, 5.41) is 4.49. The fourth-order valence-corrected chi connectivity index (χ4v) is 1.49. The molecule has 0 N–H and O–H groups in total. The summed E-state index contributed by atoms with van der Waals surface area (Å²) >= 11 is 5.84. The molecule has 72 valence electrons. The van der Waals surface area contributed by atoms with E-state index in [-0.39, 0.29) is 0 Å². The van der Waals surface area contributed by atoms with Gasteiger partial charge < -0.3 is 4.74 Å². The van der Waals surface area contributed by atoms with Crippen molar-refractivity contribution in [3.05, 3.63) is 23.6 Å². The summed E-state index contributed by atoms with van der Waals surface area (Å²) in [4.78, 5) is 4.16. The molecule has 0 aromatic carbocycles. The maximum Gasteiger partial charge on any atom is 0.196 e. The second-order valence-electron chi connectivity index (χ2n) is 3.34. The van der Waals surface area contributed by atoms with Crippen LogP contribution in [0.15, 0.2) is 18.5 Å². The molecule has 2 aromatic heterocycles. The van der Waals surface area contributed by atoms with Crippen molar-refractivity contribution in [3.8, 4) is 5.75 Å². The zero-order chi connectivity index (χ0) is 9.54. The second-order valence-corrected chi connectivity index (χ2v) is 3.73. The summed E-state index contributed by atoms with van der Waals surface area (Å²) in [6, 6.07) is 1.71. The van der Waals surface area contributed by atoms with E-state index in [1.165, 1.54) is 0 Å². The molecule has 0 bridgehead atoms. The first-order chi connectivity index (χ1) is 6.83. The fourth-order valence-electron chi connectivity index (χ4n) is 1.31. The molecule has 1 fully saturated rings. The first kappa shape index (κ1) is 8.05. The first-order valence-corrected chi connectivity index (χ1v) is 4.87. The number of nitrogens with zero attached hydrogens (tertiary/aromatic N) is 3. The number of hydrogen-bond donors (Lipinski definition) is 0. The molecule has 0 atom stereocenters. The SMILES string of the molecule is Clc1cc(OC2CC2)c2nccn2n1. The third-order valence-corrected chi connectivity index (χ3v) is 2.30. The lowest BCUT2D eigenvalue weighted by Gasteiger charge is -2.05. The van der Waals surface area contributed by atoms with Gasteiger partial charge in [0.25, 0.3) is 0 Å². The van der Waals surface area contributed by atoms with Crippen molar-refractivity contribution in [1.82, 2.24) is 14.6 Å². The van der Waals surface area contributed by atoms with Gasteiger partial charge in [0, 0.05) is 18.5 Å². The lowest BCUT2D eigenvalue weighted by molar-refractivity contribution is 0.304. The van der Waals surface area contributed by atoms with Gasteiger partial charge in [0.1, 0.15) is 0 Å². The molecule has 0 aliphatic heterocycles. The van der Waals surface area contributed by atoms with Gasteiger partial charge in [-0.2, -0.15) is 5.10 Å². The maximum absolute atomic E-state index is 5.84. The smallest absolute Gasteiger partial charge is 0.196 e. The Morgan fingerprint density at radius 3 is 3.14 bits per heavy atom. The molecule has 0 unspecified atom stereocenters. The van der Waals surface area contributed by atoms with Gasteiger partial charge in [0.15, 0.2) is 16.5 Å². The van der Waals surface area contributed by atoms with Crippen molar-refractivity contribution in [2.75, 3.05) is 0 Å². The Kier molecular flexibility index (Phi) is 1.64. The number of halogens is 1. The van der Waals surface area contributed by atoms with Crippen molar-refractivity contribution in [2.24, 2.45) is 0 Å². The van der Waals surface area contributed by atoms with E-state index < -0.39 is 0 Å². The molecule has 1 saturated carbocycles. The number of rotatable bonds is 2. The number of ether oxygens (including phenoxy) is 1. The molecule has 5 heteroatoms. The maximum atomic E-state index is 5.84. The van der Waals surface area contributed by atoms with Gasteiger partial charge in [-0.05, 0) is 12.8 Å². The molecular weight excluding hydrogens is 202 g/mol. The van der Waals surface area contributed by atoms with E-state index in [1.807, 2.05) is 0 Å². The van der Waals surface area contributed by atoms with Crippen LogP contribution in [-0.2, 0) is 0 Å². The standard InChI is InChI=1S/C9H8ClN3O/c10-8-5-7(14-6-1-2-6)9-11-3-4-13(9)12-8/h3-6H,1-2H2. The minimum Gasteiger partial charge on any atom is -0.486 e. The van der Waals surface area contributed by atoms with Crippen molar-refractivity contribution in [1.29, 1.82) is 0 Å². The van der Waals surface area contributed by atoms with E-state index in [0.717, 1.165) is 24.2 Å². The summed E-state index contributed by atoms with van der Waals surface area (Å²) in [6.07, 6.45) is 6.01. The lowest BCUT2D eigenvalue weighted by Crippen LogP contribution is -2.00. The summed E-state index contributed by atoms with van der Waals surface area (Å²) in [6.45, 7) is 0. The van der Waals surface area contributed by atoms with Gasteiger partial charge in [-0.3, -0.25) is 0 Å². The molecule has 2 aromatic rings. The van der Waals surface area contributed by atoms with Crippen LogP contribution in [0.5, 0.6) is 5.75 Å². The van der Waals surface area contributed by atoms with E-state index in [4.69, 9.17) is 16.3 Å². The Labute approximate surface area is 85.5 Å². The monoisotopic (exact) mass is 209 g/mol. The van der Waals surface area contributed by atoms with Crippen LogP contribution >= 0.6 is 11.6 Å². The molecule has 1 aliphatic carbocycles. The highest BCUT2D eigenvalue weighted by molar-refractivity contribution is 6.29. The molecule has 0 spiro atoms. The van der Waals surface area contributed by atoms with Crippen LogP contribution < -0.4 is 4.74 Å². The second kappa shape index (κ2) is 2.85. The summed E-state index contributed by atoms with van der Waals surface area (Å²) < 4.78 is 7.30. The van der Waals surface area contributed by atoms with Crippen LogP contribution in [0.3, 0.4) is 0 Å². The van der Waals surface area contributed by atoms with Crippen LogP contribution in [-0.4, -0.2) is 20.7 Å². The molecule has 3 rings (SSSR count). The van der Waals surface area contributed by atoms with E-state index >= 15 is 0 Å². The average Bonchev–Trinajstić information content (AvgIpc) is 2.81. The molecule has 0 amide bonds. The molecule has 2 heterocycles. The molecule has 1 aliphatic rings. The van der Waals surface area contributed by atoms with Crippen molar-refractivity contribution >= 4 is 17.2 Å². The third kappa shape index (κ3) is 1.32. The Bertz CT molecular complexity index is 478. The largest absolute Gasteiger partial charge is 0.486 e. The van der Waals surface area contributed by atoms with Gasteiger partial charge in [0.2, 0.25) is 0 Å². The fraction of sp³-hybridized carbons (Fsp3) is 0.333. The minimum atomic E-state index is 0.342. The Morgan fingerprint density at radius 2 is 2.36 bits per heavy atom. The Hall–Kier alpha value is -1.29. The lowest BCUT2D eigenvalue weighted by atomic mass is 10.5. The predicted octanol–water partition coefficient (Wildman–Crippen LogP) is 1.92. The number of imidazole rings is 1. The molecular formula is C9H8ClN3O.